The van der Waals surface area contributed by atoms with Crippen LogP contribution in [0.5, 0.6) is 0 Å². The van der Waals surface area contributed by atoms with Crippen molar-refractivity contribution < 1.29 is 14.7 Å². The van der Waals surface area contributed by atoms with E-state index in [2.05, 4.69) is 87.8 Å². The molecule has 0 aliphatic rings. The Hall–Kier alpha value is -7.10. The van der Waals surface area contributed by atoms with Crippen molar-refractivity contribution >= 4 is 28.1 Å². The van der Waals surface area contributed by atoms with Gasteiger partial charge in [-0.05, 0) is 40.3 Å². The summed E-state index contributed by atoms with van der Waals surface area (Å²) in [5.41, 5.74) is 5.73. The Morgan fingerprint density at radius 2 is 1.07 bits per heavy atom. The van der Waals surface area contributed by atoms with Crippen LogP contribution in [0.2, 0.25) is 0 Å². The summed E-state index contributed by atoms with van der Waals surface area (Å²) in [5.74, 6) is -1.26. The molecule has 6 aromatic carbocycles. The van der Waals surface area contributed by atoms with Crippen molar-refractivity contribution in [3.8, 4) is 0 Å². The highest BCUT2D eigenvalue weighted by atomic mass is 32.1. The van der Waals surface area contributed by atoms with Crippen molar-refractivity contribution in [3.05, 3.63) is 244 Å². The largest absolute Gasteiger partial charge is 0.476 e. The van der Waals surface area contributed by atoms with Crippen LogP contribution in [0.1, 0.15) is 50.5 Å². The molecule has 0 unspecified atom stereocenters. The van der Waals surface area contributed by atoms with Gasteiger partial charge >= 0.3 is 5.97 Å². The molecule has 0 aliphatic heterocycles. The Morgan fingerprint density at radius 3 is 1.47 bits per heavy atom. The topological polar surface area (TPSA) is 102 Å². The second-order valence-electron chi connectivity index (χ2n) is 13.5. The summed E-state index contributed by atoms with van der Waals surface area (Å²) < 4.78 is 2.11. The van der Waals surface area contributed by atoms with Crippen molar-refractivity contribution in [1.82, 2.24) is 14.5 Å². The lowest BCUT2D eigenvalue weighted by Gasteiger charge is -2.38. The zero-order chi connectivity index (χ0) is 39.1. The molecular weight excluding hydrogens is 727 g/mol. The number of thiazole rings is 1. The van der Waals surface area contributed by atoms with Crippen LogP contribution in [0.4, 0.5) is 5.13 Å². The number of aromatic nitrogens is 3. The number of nitrogens with zero attached hydrogens (tertiary/aromatic N) is 4. The lowest BCUT2D eigenvalue weighted by atomic mass is 9.76. The van der Waals surface area contributed by atoms with Crippen molar-refractivity contribution in [2.45, 2.75) is 24.6 Å². The number of rotatable bonds is 14. The number of hydrogen-bond acceptors (Lipinski definition) is 7. The average Bonchev–Trinajstić information content (AvgIpc) is 3.89. The highest BCUT2D eigenvalue weighted by Crippen LogP contribution is 2.43. The van der Waals surface area contributed by atoms with Crippen LogP contribution >= 0.6 is 11.3 Å². The summed E-state index contributed by atoms with van der Waals surface area (Å²) in [7, 11) is 0. The quantitative estimate of drug-likeness (QED) is 0.0650. The molecule has 2 heterocycles. The van der Waals surface area contributed by atoms with Crippen LogP contribution in [-0.4, -0.2) is 31.3 Å². The van der Waals surface area contributed by atoms with Gasteiger partial charge in [0.05, 0.1) is 17.7 Å². The Bertz CT molecular complexity index is 2390. The maximum atomic E-state index is 12.8. The van der Waals surface area contributed by atoms with Gasteiger partial charge in [0.2, 0.25) is 5.71 Å². The van der Waals surface area contributed by atoms with E-state index >= 15 is 0 Å². The fourth-order valence-electron chi connectivity index (χ4n) is 7.62. The molecule has 2 N–H and O–H groups in total. The van der Waals surface area contributed by atoms with E-state index in [4.69, 9.17) is 14.8 Å². The molecule has 280 valence electrons. The summed E-state index contributed by atoms with van der Waals surface area (Å²) in [6.07, 6.45) is 1.82. The Balaban J connectivity index is 1.16. The van der Waals surface area contributed by atoms with Gasteiger partial charge in [0.25, 0.3) is 0 Å². The van der Waals surface area contributed by atoms with Gasteiger partial charge in [-0.1, -0.05) is 187 Å². The van der Waals surface area contributed by atoms with E-state index < -0.39 is 17.0 Å². The first-order chi connectivity index (χ1) is 28.0. The van der Waals surface area contributed by atoms with Crippen molar-refractivity contribution in [1.29, 1.82) is 0 Å². The molecule has 0 radical (unpaired) electrons. The fourth-order valence-corrected chi connectivity index (χ4v) is 8.37. The molecule has 8 aromatic rings. The Labute approximate surface area is 335 Å². The summed E-state index contributed by atoms with van der Waals surface area (Å²) in [6, 6.07) is 61.3. The zero-order valence-corrected chi connectivity index (χ0v) is 32.0. The van der Waals surface area contributed by atoms with Gasteiger partial charge in [0.15, 0.2) is 11.7 Å². The minimum atomic E-state index is -1.26. The predicted octanol–water partition coefficient (Wildman–Crippen LogP) is 9.90. The number of hydrogen-bond donors (Lipinski definition) is 2. The first-order valence-corrected chi connectivity index (χ1v) is 19.4. The second-order valence-corrected chi connectivity index (χ2v) is 14.3. The highest BCUT2D eigenvalue weighted by Gasteiger charge is 2.41. The molecule has 8 rings (SSSR count). The van der Waals surface area contributed by atoms with Gasteiger partial charge < -0.3 is 19.8 Å². The molecule has 0 bridgehead atoms. The van der Waals surface area contributed by atoms with Gasteiger partial charge in [0.1, 0.15) is 16.8 Å². The Morgan fingerprint density at radius 1 is 0.667 bits per heavy atom. The smallest absolute Gasteiger partial charge is 0.360 e. The number of benzene rings is 6. The normalized spacial score (nSPS) is 11.9. The molecule has 0 saturated carbocycles. The molecule has 0 amide bonds. The van der Waals surface area contributed by atoms with Crippen LogP contribution < -0.4 is 5.32 Å². The summed E-state index contributed by atoms with van der Waals surface area (Å²) in [6.45, 7) is 1.87. The van der Waals surface area contributed by atoms with Crippen LogP contribution in [0, 0.1) is 6.92 Å². The summed E-state index contributed by atoms with van der Waals surface area (Å²) in [4.78, 5) is 28.4. The number of nitrogens with one attached hydrogen (secondary N) is 1. The zero-order valence-electron chi connectivity index (χ0n) is 31.1. The van der Waals surface area contributed by atoms with Crippen LogP contribution in [0.3, 0.4) is 0 Å². The molecule has 8 nitrogen and oxygen atoms in total. The molecule has 0 saturated heterocycles. The Kier molecular flexibility index (Phi) is 10.6. The van der Waals surface area contributed by atoms with Gasteiger partial charge in [-0.25, -0.2) is 14.8 Å². The average molecular weight is 766 g/mol. The van der Waals surface area contributed by atoms with Crippen molar-refractivity contribution in [3.63, 3.8) is 0 Å². The van der Waals surface area contributed by atoms with Crippen molar-refractivity contribution in [2.75, 3.05) is 5.32 Å². The lowest BCUT2D eigenvalue weighted by Crippen LogP contribution is -2.38. The molecule has 0 spiro atoms. The maximum absolute atomic E-state index is 12.8. The van der Waals surface area contributed by atoms with E-state index in [9.17, 15) is 9.90 Å². The number of aliphatic carboxylic acids is 1. The standard InChI is InChI=1S/C48H39N5O3S/c1-35-43(53(34-49-35)48(39-26-14-5-15-27-39,40-28-16-6-17-29-40)41-30-18-7-19-31-41)32-56-52-44(45(54)55)42-33-57-46(50-42)51-47(36-20-8-2-9-21-36,37-22-10-3-11-23-37)38-24-12-4-13-25-38/h2-31,33-34H,32H2,1H3,(H,50,51)(H,54,55). The summed E-state index contributed by atoms with van der Waals surface area (Å²) >= 11 is 1.30. The van der Waals surface area contributed by atoms with Crippen LogP contribution in [0.15, 0.2) is 199 Å². The van der Waals surface area contributed by atoms with Crippen molar-refractivity contribution in [2.24, 2.45) is 5.16 Å². The number of carboxylic acid groups (broad SMARTS) is 1. The SMILES string of the molecule is Cc1ncn(C(c2ccccc2)(c2ccccc2)c2ccccc2)c1CON=C(C(=O)O)c1csc(NC(c2ccccc2)(c2ccccc2)c2ccccc2)n1. The van der Waals surface area contributed by atoms with E-state index in [0.717, 1.165) is 44.8 Å². The van der Waals surface area contributed by atoms with Gasteiger partial charge in [0, 0.05) is 5.38 Å². The third-order valence-electron chi connectivity index (χ3n) is 10.2. The first-order valence-electron chi connectivity index (χ1n) is 18.6. The second kappa shape index (κ2) is 16.3. The maximum Gasteiger partial charge on any atom is 0.360 e. The third kappa shape index (κ3) is 7.01. The predicted molar refractivity (Wildman–Crippen MR) is 225 cm³/mol. The molecule has 9 heteroatoms. The highest BCUT2D eigenvalue weighted by molar-refractivity contribution is 7.14. The van der Waals surface area contributed by atoms with E-state index in [1.807, 2.05) is 122 Å². The number of carbonyl (C=O) groups is 1. The molecule has 0 atom stereocenters. The number of aryl methyl sites for hydroxylation is 1. The van der Waals surface area contributed by atoms with Crippen LogP contribution in [0.25, 0.3) is 0 Å². The fraction of sp³-hybridized carbons (Fsp3) is 0.0833. The lowest BCUT2D eigenvalue weighted by molar-refractivity contribution is -0.129. The van der Waals surface area contributed by atoms with E-state index in [1.54, 1.807) is 5.38 Å². The van der Waals surface area contributed by atoms with E-state index in [1.165, 1.54) is 11.3 Å². The monoisotopic (exact) mass is 765 g/mol. The minimum absolute atomic E-state index is 0.0504. The van der Waals surface area contributed by atoms with E-state index in [0.29, 0.717) is 5.13 Å². The molecule has 2 aromatic heterocycles. The van der Waals surface area contributed by atoms with Gasteiger partial charge in [-0.2, -0.15) is 0 Å². The first kappa shape index (κ1) is 36.9. The van der Waals surface area contributed by atoms with Gasteiger partial charge in [-0.3, -0.25) is 0 Å². The molecule has 0 fully saturated rings. The third-order valence-corrected chi connectivity index (χ3v) is 11.0. The van der Waals surface area contributed by atoms with E-state index in [-0.39, 0.29) is 18.0 Å². The number of imidazole rings is 1. The molecule has 0 aliphatic carbocycles. The number of anilines is 1. The minimum Gasteiger partial charge on any atom is -0.476 e. The molecule has 57 heavy (non-hydrogen) atoms. The number of oxime groups is 1. The molecular formula is C48H39N5O3S. The summed E-state index contributed by atoms with van der Waals surface area (Å²) in [5, 5.41) is 20.6. The van der Waals surface area contributed by atoms with Gasteiger partial charge in [-0.15, -0.1) is 11.3 Å². The number of carboxylic acids is 1. The van der Waals surface area contributed by atoms with Crippen LogP contribution in [-0.2, 0) is 27.3 Å².